The van der Waals surface area contributed by atoms with Gasteiger partial charge >= 0.3 is 19.8 Å². The van der Waals surface area contributed by atoms with Crippen molar-refractivity contribution in [3.05, 3.63) is 116 Å². The summed E-state index contributed by atoms with van der Waals surface area (Å²) in [5.74, 6) is 0. The molecule has 0 aromatic heterocycles. The van der Waals surface area contributed by atoms with Gasteiger partial charge in [0.25, 0.3) is 0 Å². The zero-order valence-electron chi connectivity index (χ0n) is 21.5. The summed E-state index contributed by atoms with van der Waals surface area (Å²) in [7, 11) is 0.262. The van der Waals surface area contributed by atoms with Crippen molar-refractivity contribution in [2.75, 3.05) is 0 Å². The Morgan fingerprint density at radius 3 is 1.24 bits per heavy atom. The van der Waals surface area contributed by atoms with Crippen LogP contribution in [0, 0.1) is 32.1 Å². The van der Waals surface area contributed by atoms with Crippen LogP contribution in [-0.4, -0.2) is 17.0 Å². The van der Waals surface area contributed by atoms with E-state index in [0.29, 0.717) is 0 Å². The molecule has 2 heteroatoms. The van der Waals surface area contributed by atoms with Crippen LogP contribution in [0.2, 0.25) is 0 Å². The Labute approximate surface area is 220 Å². The van der Waals surface area contributed by atoms with Crippen LogP contribution in [0.5, 0.6) is 0 Å². The van der Waals surface area contributed by atoms with Crippen molar-refractivity contribution in [2.24, 2.45) is 0 Å². The van der Waals surface area contributed by atoms with E-state index in [1.807, 2.05) is 44.2 Å². The molecule has 0 N–H and O–H groups in total. The van der Waals surface area contributed by atoms with Crippen molar-refractivity contribution in [3.8, 4) is 0 Å². The zero-order valence-corrected chi connectivity index (χ0v) is 24.9. The van der Waals surface area contributed by atoms with Gasteiger partial charge in [-0.25, -0.2) is 0 Å². The maximum atomic E-state index is 3.39. The molecule has 3 rings (SSSR count). The summed E-state index contributed by atoms with van der Waals surface area (Å²) in [4.78, 5) is 0. The summed E-state index contributed by atoms with van der Waals surface area (Å²) in [5, 5.41) is 0. The molecule has 2 aromatic carbocycles. The van der Waals surface area contributed by atoms with Crippen LogP contribution in [0.1, 0.15) is 66.0 Å². The average molecular weight is 636 g/mol. The fourth-order valence-electron chi connectivity index (χ4n) is 3.86. The normalized spacial score (nSPS) is 12.3. The molecule has 0 saturated heterocycles. The van der Waals surface area contributed by atoms with E-state index in [0.717, 1.165) is 29.0 Å². The number of rotatable bonds is 6. The van der Waals surface area contributed by atoms with Gasteiger partial charge in [0.1, 0.15) is 0 Å². The van der Waals surface area contributed by atoms with Crippen molar-refractivity contribution < 1.29 is 19.8 Å². The molecule has 0 unspecified atom stereocenters. The van der Waals surface area contributed by atoms with Crippen molar-refractivity contribution in [3.63, 3.8) is 0 Å². The van der Waals surface area contributed by atoms with Gasteiger partial charge < -0.3 is 0 Å². The Kier molecular flexibility index (Phi) is 18.8. The molecule has 1 fully saturated rings. The van der Waals surface area contributed by atoms with E-state index in [1.165, 1.54) is 11.1 Å². The van der Waals surface area contributed by atoms with Gasteiger partial charge in [-0.3, -0.25) is 0 Å². The third-order valence-electron chi connectivity index (χ3n) is 4.92. The van der Waals surface area contributed by atoms with Crippen molar-refractivity contribution >= 4 is 13.5 Å². The second kappa shape index (κ2) is 19.3. The minimum Gasteiger partial charge on any atom is -0.116 e. The van der Waals surface area contributed by atoms with E-state index in [4.69, 9.17) is 0 Å². The molecule has 1 aliphatic rings. The van der Waals surface area contributed by atoms with Gasteiger partial charge in [0.15, 0.2) is 0 Å². The first-order valence-corrected chi connectivity index (χ1v) is 13.4. The first-order chi connectivity index (χ1) is 15.4. The summed E-state index contributed by atoms with van der Waals surface area (Å²) < 4.78 is 0. The molecule has 178 valence electrons. The van der Waals surface area contributed by atoms with Crippen molar-refractivity contribution in [1.29, 1.82) is 0 Å². The zero-order chi connectivity index (χ0) is 23.8. The standard InChI is InChI=1S/C17H16.C9H21P.C5H5.Os/c1-2-3-14-17(15-10-6-4-7-11-15)16-12-8-5-9-13-16;1-7(2)10(8(3)4)9(5)6;1-2-4-5-3-1;/h3-13H,2H2,1H3;7-9H,1-6H3;1-5H;/q;;;+1. The maximum Gasteiger partial charge on any atom is 1.00 e. The molecular weight excluding hydrogens is 594 g/mol. The number of hydrogen-bond donors (Lipinski definition) is 0. The van der Waals surface area contributed by atoms with Crippen LogP contribution in [0.15, 0.2) is 72.5 Å². The Hall–Kier alpha value is -0.974. The summed E-state index contributed by atoms with van der Waals surface area (Å²) in [6, 6.07) is 20.8. The van der Waals surface area contributed by atoms with Gasteiger partial charge in [0.2, 0.25) is 0 Å². The molecule has 0 amide bonds. The van der Waals surface area contributed by atoms with E-state index in [9.17, 15) is 0 Å². The molecule has 6 radical (unpaired) electrons. The third kappa shape index (κ3) is 13.5. The minimum atomic E-state index is 0. The van der Waals surface area contributed by atoms with Gasteiger partial charge in [-0.15, -0.1) is 5.73 Å². The average Bonchev–Trinajstić information content (AvgIpc) is 3.35. The maximum absolute atomic E-state index is 3.39. The predicted molar refractivity (Wildman–Crippen MR) is 148 cm³/mol. The molecule has 0 nitrogen and oxygen atoms in total. The topological polar surface area (TPSA) is 0 Å². The fraction of sp³-hybridized carbons (Fsp3) is 0.355. The Morgan fingerprint density at radius 1 is 0.667 bits per heavy atom. The van der Waals surface area contributed by atoms with E-state index in [1.54, 1.807) is 0 Å². The van der Waals surface area contributed by atoms with Crippen LogP contribution in [-0.2, 0) is 19.8 Å². The largest absolute Gasteiger partial charge is 1.00 e. The molecule has 33 heavy (non-hydrogen) atoms. The first-order valence-electron chi connectivity index (χ1n) is 11.9. The molecule has 0 atom stereocenters. The molecule has 1 aliphatic carbocycles. The summed E-state index contributed by atoms with van der Waals surface area (Å²) >= 11 is 0. The molecule has 0 heterocycles. The Bertz CT molecular complexity index is 699. The molecule has 0 bridgehead atoms. The van der Waals surface area contributed by atoms with Crippen LogP contribution >= 0.6 is 7.92 Å². The minimum absolute atomic E-state index is 0. The van der Waals surface area contributed by atoms with Gasteiger partial charge in [-0.2, -0.15) is 0 Å². The molecular formula is C31H42OsP+. The monoisotopic (exact) mass is 637 g/mol. The van der Waals surface area contributed by atoms with Gasteiger partial charge in [0.05, 0.1) is 0 Å². The second-order valence-corrected chi connectivity index (χ2v) is 12.5. The second-order valence-electron chi connectivity index (χ2n) is 8.55. The Balaban J connectivity index is 0.000000542. The summed E-state index contributed by atoms with van der Waals surface area (Å²) in [6.07, 6.45) is 13.1. The van der Waals surface area contributed by atoms with E-state index >= 15 is 0 Å². The summed E-state index contributed by atoms with van der Waals surface area (Å²) in [6.45, 7) is 16.2. The van der Waals surface area contributed by atoms with Crippen LogP contribution in [0.25, 0.3) is 5.57 Å². The van der Waals surface area contributed by atoms with Gasteiger partial charge in [0, 0.05) is 5.57 Å². The number of allylic oxidation sites excluding steroid dienone is 1. The van der Waals surface area contributed by atoms with E-state index < -0.39 is 0 Å². The van der Waals surface area contributed by atoms with Crippen LogP contribution < -0.4 is 0 Å². The van der Waals surface area contributed by atoms with Crippen LogP contribution in [0.4, 0.5) is 0 Å². The van der Waals surface area contributed by atoms with E-state index in [2.05, 4.69) is 109 Å². The first kappa shape index (κ1) is 32.0. The fourth-order valence-corrected chi connectivity index (χ4v) is 7.43. The molecule has 0 spiro atoms. The predicted octanol–water partition coefficient (Wildman–Crippen LogP) is 9.40. The van der Waals surface area contributed by atoms with Gasteiger partial charge in [-0.1, -0.05) is 117 Å². The number of hydrogen-bond acceptors (Lipinski definition) is 0. The van der Waals surface area contributed by atoms with Crippen molar-refractivity contribution in [1.82, 2.24) is 0 Å². The molecule has 2 aromatic rings. The smallest absolute Gasteiger partial charge is 0.116 e. The van der Waals surface area contributed by atoms with E-state index in [-0.39, 0.29) is 27.7 Å². The SMILES string of the molecule is CC(C)P(C(C)C)C(C)C.CCC=C=C(c1ccccc1)c1ccccc1.[CH]1[CH][CH][CH][CH]1.[Os+]. The number of benzene rings is 2. The third-order valence-corrected chi connectivity index (χ3v) is 8.50. The molecule has 0 aliphatic heterocycles. The Morgan fingerprint density at radius 2 is 1.00 bits per heavy atom. The van der Waals surface area contributed by atoms with Gasteiger partial charge in [-0.05, 0) is 72.7 Å². The quantitative estimate of drug-likeness (QED) is 0.219. The molecule has 1 saturated carbocycles. The summed E-state index contributed by atoms with van der Waals surface area (Å²) in [5.41, 5.74) is 9.67. The van der Waals surface area contributed by atoms with Crippen molar-refractivity contribution in [2.45, 2.75) is 71.9 Å². The van der Waals surface area contributed by atoms with Crippen LogP contribution in [0.3, 0.4) is 0 Å².